The number of hydrogen-bond acceptors (Lipinski definition) is 6. The number of rotatable bonds is 3. The first-order valence-corrected chi connectivity index (χ1v) is 10.5. The largest absolute Gasteiger partial charge is 0.497 e. The van der Waals surface area contributed by atoms with Crippen LogP contribution >= 0.6 is 0 Å². The van der Waals surface area contributed by atoms with E-state index in [4.69, 9.17) is 14.0 Å². The molecule has 0 amide bonds. The molecule has 1 atom stereocenters. The third-order valence-electron chi connectivity index (χ3n) is 6.05. The van der Waals surface area contributed by atoms with Crippen LogP contribution in [-0.4, -0.2) is 34.3 Å². The summed E-state index contributed by atoms with van der Waals surface area (Å²) in [6.45, 7) is 0.222. The highest BCUT2D eigenvalue weighted by molar-refractivity contribution is 5.95. The molecule has 0 unspecified atom stereocenters. The highest BCUT2D eigenvalue weighted by atomic mass is 19.4. The summed E-state index contributed by atoms with van der Waals surface area (Å²) in [5.41, 5.74) is 3.93. The van der Waals surface area contributed by atoms with E-state index in [-0.39, 0.29) is 6.61 Å². The molecule has 4 heterocycles. The van der Waals surface area contributed by atoms with Gasteiger partial charge in [0.15, 0.2) is 5.76 Å². The Kier molecular flexibility index (Phi) is 4.51. The van der Waals surface area contributed by atoms with Crippen LogP contribution in [0.1, 0.15) is 34.1 Å². The first-order chi connectivity index (χ1) is 16.4. The van der Waals surface area contributed by atoms with Crippen LogP contribution in [0.4, 0.5) is 13.2 Å². The first kappa shape index (κ1) is 20.5. The van der Waals surface area contributed by atoms with E-state index in [2.05, 4.69) is 15.1 Å². The smallest absolute Gasteiger partial charge is 0.416 e. The van der Waals surface area contributed by atoms with Gasteiger partial charge in [0.1, 0.15) is 30.4 Å². The zero-order chi connectivity index (χ0) is 23.4. The predicted octanol–water partition coefficient (Wildman–Crippen LogP) is 4.98. The molecule has 0 spiro atoms. The van der Waals surface area contributed by atoms with E-state index in [1.165, 1.54) is 12.1 Å². The van der Waals surface area contributed by atoms with Gasteiger partial charge in [-0.3, -0.25) is 0 Å². The SMILES string of the molecule is COc1ccc2c(c1)-c1oncc1Cc1c(C3=N[C@@H](c4ccc(C(F)(F)F)cc4)CO3)ncn1-2. The van der Waals surface area contributed by atoms with Gasteiger partial charge in [-0.1, -0.05) is 17.3 Å². The van der Waals surface area contributed by atoms with Gasteiger partial charge in [0.2, 0.25) is 5.90 Å². The minimum atomic E-state index is -4.38. The second-order valence-electron chi connectivity index (χ2n) is 8.03. The standard InChI is InChI=1S/C24H17F3N4O3/c1-32-16-6-7-19-17(9-16)22-14(10-29-34-22)8-20-21(28-12-31(19)20)23-30-18(11-33-23)13-2-4-15(5-3-13)24(25,26)27/h2-7,9-10,12,18H,8,11H2,1H3/t18-/m1/s1. The van der Waals surface area contributed by atoms with Crippen molar-refractivity contribution in [3.63, 3.8) is 0 Å². The van der Waals surface area contributed by atoms with Crippen molar-refractivity contribution in [1.29, 1.82) is 0 Å². The van der Waals surface area contributed by atoms with Gasteiger partial charge in [-0.2, -0.15) is 13.2 Å². The number of fused-ring (bicyclic) bond motifs is 5. The summed E-state index contributed by atoms with van der Waals surface area (Å²) in [7, 11) is 1.60. The maximum absolute atomic E-state index is 12.9. The van der Waals surface area contributed by atoms with Gasteiger partial charge in [-0.25, -0.2) is 9.98 Å². The number of aromatic nitrogens is 3. The molecular formula is C24H17F3N4O3. The summed E-state index contributed by atoms with van der Waals surface area (Å²) in [6.07, 6.45) is -0.521. The zero-order valence-electron chi connectivity index (χ0n) is 17.8. The molecule has 2 aromatic carbocycles. The van der Waals surface area contributed by atoms with Crippen LogP contribution in [0.25, 0.3) is 17.0 Å². The van der Waals surface area contributed by atoms with E-state index in [0.29, 0.717) is 35.1 Å². The fourth-order valence-electron chi connectivity index (χ4n) is 4.32. The van der Waals surface area contributed by atoms with Crippen molar-refractivity contribution in [2.45, 2.75) is 18.6 Å². The number of alkyl halides is 3. The van der Waals surface area contributed by atoms with Crippen LogP contribution < -0.4 is 4.74 Å². The number of ether oxygens (including phenoxy) is 2. The molecule has 0 bridgehead atoms. The Labute approximate surface area is 191 Å². The monoisotopic (exact) mass is 466 g/mol. The van der Waals surface area contributed by atoms with Crippen molar-refractivity contribution in [2.75, 3.05) is 13.7 Å². The molecule has 172 valence electrons. The lowest BCUT2D eigenvalue weighted by atomic mass is 10.1. The van der Waals surface area contributed by atoms with Crippen molar-refractivity contribution in [1.82, 2.24) is 14.7 Å². The molecule has 7 nitrogen and oxygen atoms in total. The Hall–Kier alpha value is -4.08. The molecule has 2 aromatic heterocycles. The minimum Gasteiger partial charge on any atom is -0.497 e. The third kappa shape index (κ3) is 3.25. The van der Waals surface area contributed by atoms with Crippen molar-refractivity contribution in [2.24, 2.45) is 4.99 Å². The molecule has 0 radical (unpaired) electrons. The fourth-order valence-corrected chi connectivity index (χ4v) is 4.32. The average molecular weight is 466 g/mol. The van der Waals surface area contributed by atoms with Gasteiger partial charge in [0.25, 0.3) is 0 Å². The van der Waals surface area contributed by atoms with Gasteiger partial charge >= 0.3 is 6.18 Å². The lowest BCUT2D eigenvalue weighted by Crippen LogP contribution is -2.08. The Morgan fingerprint density at radius 2 is 1.94 bits per heavy atom. The molecule has 2 aliphatic heterocycles. The minimum absolute atomic E-state index is 0.222. The summed E-state index contributed by atoms with van der Waals surface area (Å²) < 4.78 is 57.4. The molecule has 0 saturated heterocycles. The summed E-state index contributed by atoms with van der Waals surface area (Å²) in [5.74, 6) is 1.70. The molecule has 10 heteroatoms. The number of aliphatic imine (C=N–C) groups is 1. The van der Waals surface area contributed by atoms with Crippen LogP contribution in [0.2, 0.25) is 0 Å². The lowest BCUT2D eigenvalue weighted by molar-refractivity contribution is -0.137. The quantitative estimate of drug-likeness (QED) is 0.375. The zero-order valence-corrected chi connectivity index (χ0v) is 17.8. The normalized spacial score (nSPS) is 16.7. The number of halogens is 3. The van der Waals surface area contributed by atoms with Crippen molar-refractivity contribution in [3.05, 3.63) is 83.1 Å². The highest BCUT2D eigenvalue weighted by Crippen LogP contribution is 2.39. The molecule has 0 fully saturated rings. The Morgan fingerprint density at radius 3 is 2.71 bits per heavy atom. The van der Waals surface area contributed by atoms with Crippen LogP contribution in [0.3, 0.4) is 0 Å². The van der Waals surface area contributed by atoms with Gasteiger partial charge in [0.05, 0.1) is 30.3 Å². The van der Waals surface area contributed by atoms with E-state index in [1.807, 2.05) is 22.8 Å². The topological polar surface area (TPSA) is 74.7 Å². The Balaban J connectivity index is 1.39. The lowest BCUT2D eigenvalue weighted by Gasteiger charge is -2.10. The maximum Gasteiger partial charge on any atom is 0.416 e. The first-order valence-electron chi connectivity index (χ1n) is 10.5. The number of imidazole rings is 1. The second kappa shape index (κ2) is 7.47. The van der Waals surface area contributed by atoms with Gasteiger partial charge in [0, 0.05) is 17.5 Å². The molecule has 34 heavy (non-hydrogen) atoms. The van der Waals surface area contributed by atoms with E-state index in [1.54, 1.807) is 19.6 Å². The molecule has 6 rings (SSSR count). The highest BCUT2D eigenvalue weighted by Gasteiger charge is 2.32. The summed E-state index contributed by atoms with van der Waals surface area (Å²) >= 11 is 0. The van der Waals surface area contributed by atoms with Crippen LogP contribution in [0, 0.1) is 0 Å². The Morgan fingerprint density at radius 1 is 1.12 bits per heavy atom. The summed E-state index contributed by atoms with van der Waals surface area (Å²) in [4.78, 5) is 9.21. The second-order valence-corrected chi connectivity index (χ2v) is 8.03. The summed E-state index contributed by atoms with van der Waals surface area (Å²) in [6, 6.07) is 10.2. The number of benzene rings is 2. The van der Waals surface area contributed by atoms with E-state index >= 15 is 0 Å². The molecule has 0 N–H and O–H groups in total. The van der Waals surface area contributed by atoms with Crippen LogP contribution in [0.15, 0.2) is 64.5 Å². The molecule has 4 aromatic rings. The van der Waals surface area contributed by atoms with Crippen LogP contribution in [-0.2, 0) is 17.3 Å². The van der Waals surface area contributed by atoms with Crippen molar-refractivity contribution in [3.8, 4) is 22.8 Å². The average Bonchev–Trinajstić information content (AvgIpc) is 3.57. The maximum atomic E-state index is 12.9. The predicted molar refractivity (Wildman–Crippen MR) is 115 cm³/mol. The van der Waals surface area contributed by atoms with Gasteiger partial charge in [-0.15, -0.1) is 0 Å². The molecule has 2 aliphatic rings. The number of methoxy groups -OCH3 is 1. The number of nitrogens with zero attached hydrogens (tertiary/aromatic N) is 4. The molecule has 0 saturated carbocycles. The van der Waals surface area contributed by atoms with Crippen molar-refractivity contribution >= 4 is 5.90 Å². The molecular weight excluding hydrogens is 449 g/mol. The fraction of sp³-hybridized carbons (Fsp3) is 0.208. The molecule has 0 aliphatic carbocycles. The van der Waals surface area contributed by atoms with E-state index in [9.17, 15) is 13.2 Å². The van der Waals surface area contributed by atoms with E-state index in [0.717, 1.165) is 34.6 Å². The van der Waals surface area contributed by atoms with Gasteiger partial charge < -0.3 is 18.6 Å². The van der Waals surface area contributed by atoms with Crippen molar-refractivity contribution < 1.29 is 27.2 Å². The number of hydrogen-bond donors (Lipinski definition) is 0. The van der Waals surface area contributed by atoms with E-state index < -0.39 is 17.8 Å². The summed E-state index contributed by atoms with van der Waals surface area (Å²) in [5, 5.41) is 3.97. The Bertz CT molecular complexity index is 1420. The van der Waals surface area contributed by atoms with Gasteiger partial charge in [-0.05, 0) is 35.9 Å². The van der Waals surface area contributed by atoms with Crippen LogP contribution in [0.5, 0.6) is 5.75 Å². The third-order valence-corrected chi connectivity index (χ3v) is 6.05.